The van der Waals surface area contributed by atoms with Gasteiger partial charge in [-0.3, -0.25) is 4.21 Å². The molecule has 0 aliphatic heterocycles. The predicted octanol–water partition coefficient (Wildman–Crippen LogP) is -0.586. The monoisotopic (exact) mass is 292 g/mol. The molecule has 18 heavy (non-hydrogen) atoms. The van der Waals surface area contributed by atoms with Gasteiger partial charge in [0, 0.05) is 35.0 Å². The average Bonchev–Trinajstić information content (AvgIpc) is 2.38. The number of nitrogens with two attached hydrogens (primary N) is 1. The third-order valence-electron chi connectivity index (χ3n) is 2.14. The van der Waals surface area contributed by atoms with Gasteiger partial charge >= 0.3 is 0 Å². The molecule has 0 aromatic carbocycles. The van der Waals surface area contributed by atoms with E-state index in [4.69, 9.17) is 5.84 Å². The van der Waals surface area contributed by atoms with Gasteiger partial charge in [-0.15, -0.1) is 0 Å². The molecule has 0 spiro atoms. The van der Waals surface area contributed by atoms with Gasteiger partial charge in [-0.2, -0.15) is 0 Å². The third kappa shape index (κ3) is 4.02. The summed E-state index contributed by atoms with van der Waals surface area (Å²) in [5.74, 6) is 6.05. The number of anilines is 1. The standard InChI is InChI=1S/C9H16N4O3S2/c1-2-17(14)7-6-12-18(15,16)8-4-3-5-11-9(8)13-10/h3-5,12H,2,6-7,10H2,1H3,(H,11,13). The highest BCUT2D eigenvalue weighted by Gasteiger charge is 2.18. The van der Waals surface area contributed by atoms with Crippen molar-refractivity contribution in [2.24, 2.45) is 5.84 Å². The molecule has 0 saturated carbocycles. The quantitative estimate of drug-likeness (QED) is 0.457. The minimum atomic E-state index is -3.70. The molecule has 4 N–H and O–H groups in total. The summed E-state index contributed by atoms with van der Waals surface area (Å²) in [6, 6.07) is 2.89. The molecule has 0 radical (unpaired) electrons. The molecule has 0 fully saturated rings. The van der Waals surface area contributed by atoms with Crippen LogP contribution >= 0.6 is 0 Å². The van der Waals surface area contributed by atoms with Crippen molar-refractivity contribution in [2.45, 2.75) is 11.8 Å². The maximum Gasteiger partial charge on any atom is 0.244 e. The number of nitrogen functional groups attached to an aromatic ring is 1. The average molecular weight is 292 g/mol. The number of pyridine rings is 1. The van der Waals surface area contributed by atoms with Crippen LogP contribution in [0.5, 0.6) is 0 Å². The van der Waals surface area contributed by atoms with Gasteiger partial charge in [0.1, 0.15) is 4.90 Å². The Balaban J connectivity index is 2.77. The molecule has 102 valence electrons. The van der Waals surface area contributed by atoms with Crippen molar-refractivity contribution in [3.05, 3.63) is 18.3 Å². The van der Waals surface area contributed by atoms with Crippen molar-refractivity contribution < 1.29 is 12.6 Å². The Hall–Kier alpha value is -1.03. The minimum absolute atomic E-state index is 0.0326. The highest BCUT2D eigenvalue weighted by molar-refractivity contribution is 7.89. The van der Waals surface area contributed by atoms with Crippen molar-refractivity contribution in [2.75, 3.05) is 23.5 Å². The Kier molecular flexibility index (Phi) is 5.66. The predicted molar refractivity (Wildman–Crippen MR) is 70.8 cm³/mol. The molecule has 0 amide bonds. The van der Waals surface area contributed by atoms with E-state index in [1.54, 1.807) is 6.92 Å². The van der Waals surface area contributed by atoms with Crippen LogP contribution in [-0.4, -0.2) is 35.7 Å². The second-order valence-electron chi connectivity index (χ2n) is 3.32. The second-order valence-corrected chi connectivity index (χ2v) is 6.93. The molecule has 1 rings (SSSR count). The molecule has 1 unspecified atom stereocenters. The van der Waals surface area contributed by atoms with Gasteiger partial charge in [0.2, 0.25) is 10.0 Å². The molecule has 0 bridgehead atoms. The zero-order valence-electron chi connectivity index (χ0n) is 9.92. The number of sulfonamides is 1. The van der Waals surface area contributed by atoms with Crippen molar-refractivity contribution >= 4 is 26.6 Å². The molecule has 1 atom stereocenters. The van der Waals surface area contributed by atoms with E-state index in [1.807, 2.05) is 0 Å². The number of nitrogens with one attached hydrogen (secondary N) is 2. The van der Waals surface area contributed by atoms with Gasteiger partial charge < -0.3 is 5.43 Å². The van der Waals surface area contributed by atoms with Crippen LogP contribution in [0.15, 0.2) is 23.2 Å². The first-order valence-corrected chi connectivity index (χ1v) is 8.24. The minimum Gasteiger partial charge on any atom is -0.307 e. The Morgan fingerprint density at radius 2 is 2.22 bits per heavy atom. The maximum absolute atomic E-state index is 11.9. The van der Waals surface area contributed by atoms with Gasteiger partial charge in [0.15, 0.2) is 5.82 Å². The molecule has 0 aliphatic carbocycles. The Morgan fingerprint density at radius 3 is 2.83 bits per heavy atom. The summed E-state index contributed by atoms with van der Waals surface area (Å²) in [7, 11) is -4.70. The first-order valence-electron chi connectivity index (χ1n) is 5.27. The Labute approximate surface area is 109 Å². The van der Waals surface area contributed by atoms with Gasteiger partial charge in [0.25, 0.3) is 0 Å². The molecule has 7 nitrogen and oxygen atoms in total. The molecule has 0 aliphatic rings. The summed E-state index contributed by atoms with van der Waals surface area (Å²) in [6.45, 7) is 1.89. The topological polar surface area (TPSA) is 114 Å². The van der Waals surface area contributed by atoms with Crippen LogP contribution in [0.25, 0.3) is 0 Å². The van der Waals surface area contributed by atoms with Crippen LogP contribution in [0.1, 0.15) is 6.92 Å². The van der Waals surface area contributed by atoms with Crippen LogP contribution in [-0.2, 0) is 20.8 Å². The van der Waals surface area contributed by atoms with E-state index in [2.05, 4.69) is 15.1 Å². The number of hydrogen-bond acceptors (Lipinski definition) is 6. The fourth-order valence-corrected chi connectivity index (χ4v) is 3.13. The fourth-order valence-electron chi connectivity index (χ4n) is 1.23. The largest absolute Gasteiger partial charge is 0.307 e. The van der Waals surface area contributed by atoms with Crippen molar-refractivity contribution in [3.8, 4) is 0 Å². The first kappa shape index (κ1) is 15.0. The summed E-state index contributed by atoms with van der Waals surface area (Å²) < 4.78 is 37.4. The number of rotatable bonds is 7. The van der Waals surface area contributed by atoms with Crippen molar-refractivity contribution in [1.82, 2.24) is 9.71 Å². The van der Waals surface area contributed by atoms with E-state index < -0.39 is 20.8 Å². The van der Waals surface area contributed by atoms with Gasteiger partial charge in [-0.25, -0.2) is 24.0 Å². The molecule has 1 heterocycles. The summed E-state index contributed by atoms with van der Waals surface area (Å²) in [5.41, 5.74) is 2.22. The van der Waals surface area contributed by atoms with Crippen molar-refractivity contribution in [3.63, 3.8) is 0 Å². The molecular weight excluding hydrogens is 276 g/mol. The molecule has 1 aromatic rings. The fraction of sp³-hybridized carbons (Fsp3) is 0.444. The normalized spacial score (nSPS) is 13.2. The molecular formula is C9H16N4O3S2. The van der Waals surface area contributed by atoms with Crippen LogP contribution < -0.4 is 16.0 Å². The summed E-state index contributed by atoms with van der Waals surface area (Å²) in [5, 5.41) is 0. The number of hydrogen-bond donors (Lipinski definition) is 3. The van der Waals surface area contributed by atoms with Gasteiger partial charge in [-0.05, 0) is 12.1 Å². The summed E-state index contributed by atoms with van der Waals surface area (Å²) >= 11 is 0. The lowest BCUT2D eigenvalue weighted by Gasteiger charge is -2.09. The summed E-state index contributed by atoms with van der Waals surface area (Å²) in [6.07, 6.45) is 1.43. The third-order valence-corrected chi connectivity index (χ3v) is 4.94. The lowest BCUT2D eigenvalue weighted by atomic mass is 10.5. The maximum atomic E-state index is 11.9. The van der Waals surface area contributed by atoms with E-state index in [9.17, 15) is 12.6 Å². The van der Waals surface area contributed by atoms with E-state index in [-0.39, 0.29) is 23.0 Å². The number of hydrazine groups is 1. The van der Waals surface area contributed by atoms with E-state index >= 15 is 0 Å². The van der Waals surface area contributed by atoms with Crippen LogP contribution in [0.3, 0.4) is 0 Å². The lowest BCUT2D eigenvalue weighted by molar-refractivity contribution is 0.584. The Morgan fingerprint density at radius 1 is 1.50 bits per heavy atom. The van der Waals surface area contributed by atoms with Crippen molar-refractivity contribution in [1.29, 1.82) is 0 Å². The van der Waals surface area contributed by atoms with E-state index in [1.165, 1.54) is 18.3 Å². The Bertz CT molecular complexity index is 518. The van der Waals surface area contributed by atoms with E-state index in [0.29, 0.717) is 5.75 Å². The second kappa shape index (κ2) is 6.78. The zero-order chi connectivity index (χ0) is 13.6. The van der Waals surface area contributed by atoms with Crippen LogP contribution in [0.4, 0.5) is 5.82 Å². The highest BCUT2D eigenvalue weighted by atomic mass is 32.2. The number of aromatic nitrogens is 1. The van der Waals surface area contributed by atoms with Crippen LogP contribution in [0, 0.1) is 0 Å². The van der Waals surface area contributed by atoms with Crippen LogP contribution in [0.2, 0.25) is 0 Å². The molecule has 1 aromatic heterocycles. The zero-order valence-corrected chi connectivity index (χ0v) is 11.6. The first-order chi connectivity index (χ1) is 8.51. The highest BCUT2D eigenvalue weighted by Crippen LogP contribution is 2.16. The van der Waals surface area contributed by atoms with E-state index in [0.717, 1.165) is 0 Å². The number of nitrogens with zero attached hydrogens (tertiary/aromatic N) is 1. The SMILES string of the molecule is CCS(=O)CCNS(=O)(=O)c1cccnc1NN. The smallest absolute Gasteiger partial charge is 0.244 e. The lowest BCUT2D eigenvalue weighted by Crippen LogP contribution is -2.29. The van der Waals surface area contributed by atoms with Gasteiger partial charge in [-0.1, -0.05) is 6.92 Å². The molecule has 9 heteroatoms. The summed E-state index contributed by atoms with van der Waals surface area (Å²) in [4.78, 5) is 3.77. The molecule has 0 saturated heterocycles. The van der Waals surface area contributed by atoms with Gasteiger partial charge in [0.05, 0.1) is 0 Å².